The maximum Gasteiger partial charge on any atom is 0.242 e. The smallest absolute Gasteiger partial charge is 0.242 e. The second-order valence-corrected chi connectivity index (χ2v) is 10.2. The second-order valence-electron chi connectivity index (χ2n) is 10.2. The number of carbonyl (C=O) groups is 2. The Kier molecular flexibility index (Phi) is 4.87. The minimum atomic E-state index is -0.190. The topological polar surface area (TPSA) is 62.6 Å². The van der Waals surface area contributed by atoms with E-state index in [0.717, 1.165) is 34.5 Å². The molecule has 5 heteroatoms. The molecule has 0 aliphatic heterocycles. The fourth-order valence-electron chi connectivity index (χ4n) is 6.82. The van der Waals surface area contributed by atoms with Crippen LogP contribution in [0.2, 0.25) is 0 Å². The van der Waals surface area contributed by atoms with E-state index in [9.17, 15) is 9.59 Å². The Morgan fingerprint density at radius 3 is 2.40 bits per heavy atom. The van der Waals surface area contributed by atoms with Gasteiger partial charge in [-0.2, -0.15) is 0 Å². The van der Waals surface area contributed by atoms with Gasteiger partial charge in [0.1, 0.15) is 11.3 Å². The molecule has 6 rings (SSSR count). The fourth-order valence-corrected chi connectivity index (χ4v) is 6.82. The van der Waals surface area contributed by atoms with E-state index in [-0.39, 0.29) is 29.8 Å². The van der Waals surface area contributed by atoms with Crippen LogP contribution in [-0.4, -0.2) is 30.3 Å². The summed E-state index contributed by atoms with van der Waals surface area (Å²) in [4.78, 5) is 27.1. The number of carbonyl (C=O) groups excluding carboxylic acids is 2. The van der Waals surface area contributed by atoms with Crippen molar-refractivity contribution in [2.24, 2.45) is 23.2 Å². The molecule has 1 N–H and O–H groups in total. The quantitative estimate of drug-likeness (QED) is 0.755. The van der Waals surface area contributed by atoms with E-state index < -0.39 is 0 Å². The number of nitrogens with zero attached hydrogens (tertiary/aromatic N) is 1. The van der Waals surface area contributed by atoms with Crippen molar-refractivity contribution in [2.45, 2.75) is 57.9 Å². The maximum atomic E-state index is 12.7. The van der Waals surface area contributed by atoms with Crippen LogP contribution in [0, 0.1) is 23.2 Å². The third-order valence-electron chi connectivity index (χ3n) is 7.97. The summed E-state index contributed by atoms with van der Waals surface area (Å²) in [5.74, 6) is 3.20. The van der Waals surface area contributed by atoms with Crippen molar-refractivity contribution in [3.63, 3.8) is 0 Å². The van der Waals surface area contributed by atoms with Gasteiger partial charge in [-0.1, -0.05) is 18.2 Å². The van der Waals surface area contributed by atoms with Gasteiger partial charge in [0.05, 0.1) is 12.6 Å². The monoisotopic (exact) mass is 408 g/mol. The SMILES string of the molecule is CC(c1cc2ccccc2o1)N(C)C(=O)CNC(=O)CC12CC3CC(CC(C3)C1)C2. The molecule has 0 saturated heterocycles. The number of likely N-dealkylation sites (N-methyl/N-ethyl adjacent to an activating group) is 1. The number of amides is 2. The van der Waals surface area contributed by atoms with E-state index in [1.807, 2.05) is 37.3 Å². The van der Waals surface area contributed by atoms with Gasteiger partial charge in [0, 0.05) is 18.9 Å². The largest absolute Gasteiger partial charge is 0.459 e. The summed E-state index contributed by atoms with van der Waals surface area (Å²) in [7, 11) is 1.77. The maximum absolute atomic E-state index is 12.7. The Morgan fingerprint density at radius 1 is 1.13 bits per heavy atom. The molecule has 160 valence electrons. The molecule has 4 saturated carbocycles. The van der Waals surface area contributed by atoms with Crippen LogP contribution in [0.4, 0.5) is 0 Å². The molecule has 4 fully saturated rings. The van der Waals surface area contributed by atoms with E-state index in [1.165, 1.54) is 38.5 Å². The molecule has 0 radical (unpaired) electrons. The molecule has 2 amide bonds. The van der Waals surface area contributed by atoms with Gasteiger partial charge in [-0.3, -0.25) is 9.59 Å². The van der Waals surface area contributed by atoms with Crippen molar-refractivity contribution >= 4 is 22.8 Å². The molecule has 0 spiro atoms. The number of rotatable bonds is 6. The second kappa shape index (κ2) is 7.44. The zero-order valence-electron chi connectivity index (χ0n) is 18.0. The molecule has 30 heavy (non-hydrogen) atoms. The van der Waals surface area contributed by atoms with E-state index in [1.54, 1.807) is 11.9 Å². The Balaban J connectivity index is 1.16. The summed E-state index contributed by atoms with van der Waals surface area (Å²) in [6, 6.07) is 9.63. The van der Waals surface area contributed by atoms with Crippen LogP contribution in [0.1, 0.15) is 63.7 Å². The third kappa shape index (κ3) is 3.63. The highest BCUT2D eigenvalue weighted by Crippen LogP contribution is 2.61. The number of nitrogens with one attached hydrogen (secondary N) is 1. The van der Waals surface area contributed by atoms with Gasteiger partial charge in [0.2, 0.25) is 11.8 Å². The molecule has 4 bridgehead atoms. The highest BCUT2D eigenvalue weighted by Gasteiger charge is 2.51. The van der Waals surface area contributed by atoms with Crippen molar-refractivity contribution in [3.8, 4) is 0 Å². The molecule has 1 atom stereocenters. The zero-order chi connectivity index (χ0) is 20.9. The average Bonchev–Trinajstić information content (AvgIpc) is 3.13. The Hall–Kier alpha value is -2.30. The van der Waals surface area contributed by atoms with Crippen molar-refractivity contribution in [1.82, 2.24) is 10.2 Å². The molecule has 4 aliphatic carbocycles. The summed E-state index contributed by atoms with van der Waals surface area (Å²) >= 11 is 0. The molecule has 1 heterocycles. The van der Waals surface area contributed by atoms with E-state index >= 15 is 0 Å². The lowest BCUT2D eigenvalue weighted by Gasteiger charge is -2.56. The first-order valence-electron chi connectivity index (χ1n) is 11.4. The first kappa shape index (κ1) is 19.7. The standard InChI is InChI=1S/C25H32N2O3/c1-16(22-10-20-5-3-4-6-21(20)30-22)27(2)24(29)15-26-23(28)14-25-11-17-7-18(12-25)9-19(8-17)13-25/h3-6,10,16-19H,7-9,11-15H2,1-2H3,(H,26,28). The Bertz CT molecular complexity index is 894. The van der Waals surface area contributed by atoms with Crippen LogP contribution < -0.4 is 5.32 Å². The Morgan fingerprint density at radius 2 is 1.77 bits per heavy atom. The third-order valence-corrected chi connectivity index (χ3v) is 7.97. The van der Waals surface area contributed by atoms with Gasteiger partial charge in [-0.25, -0.2) is 0 Å². The van der Waals surface area contributed by atoms with Crippen LogP contribution in [0.5, 0.6) is 0 Å². The van der Waals surface area contributed by atoms with Crippen molar-refractivity contribution < 1.29 is 14.0 Å². The fraction of sp³-hybridized carbons (Fsp3) is 0.600. The molecule has 4 aliphatic rings. The molecule has 2 aromatic rings. The molecule has 1 aromatic carbocycles. The minimum absolute atomic E-state index is 0.0371. The van der Waals surface area contributed by atoms with Crippen molar-refractivity contribution in [2.75, 3.05) is 13.6 Å². The summed E-state index contributed by atoms with van der Waals surface area (Å²) in [5.41, 5.74) is 1.03. The summed E-state index contributed by atoms with van der Waals surface area (Å²) in [6.45, 7) is 2.00. The Labute approximate surface area is 178 Å². The molecular weight excluding hydrogens is 376 g/mol. The van der Waals surface area contributed by atoms with E-state index in [4.69, 9.17) is 4.42 Å². The van der Waals surface area contributed by atoms with Gasteiger partial charge in [0.25, 0.3) is 0 Å². The summed E-state index contributed by atoms with van der Waals surface area (Å²) in [6.07, 6.45) is 8.36. The number of para-hydroxylation sites is 1. The first-order chi connectivity index (χ1) is 14.4. The molecular formula is C25H32N2O3. The summed E-state index contributed by atoms with van der Waals surface area (Å²) < 4.78 is 5.90. The average molecular weight is 409 g/mol. The van der Waals surface area contributed by atoms with Crippen LogP contribution in [0.15, 0.2) is 34.7 Å². The van der Waals surface area contributed by atoms with Crippen LogP contribution in [0.3, 0.4) is 0 Å². The lowest BCUT2D eigenvalue weighted by atomic mass is 9.49. The van der Waals surface area contributed by atoms with E-state index in [0.29, 0.717) is 6.42 Å². The van der Waals surface area contributed by atoms with Crippen LogP contribution in [-0.2, 0) is 9.59 Å². The summed E-state index contributed by atoms with van der Waals surface area (Å²) in [5, 5.41) is 3.94. The van der Waals surface area contributed by atoms with Gasteiger partial charge in [-0.15, -0.1) is 0 Å². The predicted octanol–water partition coefficient (Wildman–Crippen LogP) is 4.67. The minimum Gasteiger partial charge on any atom is -0.459 e. The lowest BCUT2D eigenvalue weighted by Crippen LogP contribution is -2.48. The number of furan rings is 1. The number of hydrogen-bond donors (Lipinski definition) is 1. The van der Waals surface area contributed by atoms with Gasteiger partial charge in [0.15, 0.2) is 0 Å². The number of benzene rings is 1. The zero-order valence-corrected chi connectivity index (χ0v) is 18.0. The molecule has 1 aromatic heterocycles. The van der Waals surface area contributed by atoms with Gasteiger partial charge >= 0.3 is 0 Å². The highest BCUT2D eigenvalue weighted by molar-refractivity contribution is 5.85. The van der Waals surface area contributed by atoms with Crippen molar-refractivity contribution in [1.29, 1.82) is 0 Å². The number of hydrogen-bond acceptors (Lipinski definition) is 3. The van der Waals surface area contributed by atoms with Crippen LogP contribution >= 0.6 is 0 Å². The highest BCUT2D eigenvalue weighted by atomic mass is 16.3. The van der Waals surface area contributed by atoms with Gasteiger partial charge < -0.3 is 14.6 Å². The lowest BCUT2D eigenvalue weighted by molar-refractivity contribution is -0.136. The molecule has 1 unspecified atom stereocenters. The number of fused-ring (bicyclic) bond motifs is 1. The van der Waals surface area contributed by atoms with Gasteiger partial charge in [-0.05, 0) is 80.8 Å². The van der Waals surface area contributed by atoms with Crippen molar-refractivity contribution in [3.05, 3.63) is 36.1 Å². The molecule has 5 nitrogen and oxygen atoms in total. The van der Waals surface area contributed by atoms with E-state index in [2.05, 4.69) is 5.32 Å². The van der Waals surface area contributed by atoms with Crippen LogP contribution in [0.25, 0.3) is 11.0 Å². The first-order valence-corrected chi connectivity index (χ1v) is 11.4. The predicted molar refractivity (Wildman–Crippen MR) is 116 cm³/mol. The normalized spacial score (nSPS) is 30.4.